The van der Waals surface area contributed by atoms with Crippen LogP contribution in [0.25, 0.3) is 0 Å². The number of hydrogen-bond donors (Lipinski definition) is 2. The predicted molar refractivity (Wildman–Crippen MR) is 130 cm³/mol. The Hall–Kier alpha value is -2.58. The first kappa shape index (κ1) is 25.1. The molecule has 0 aliphatic heterocycles. The van der Waals surface area contributed by atoms with Crippen LogP contribution in [0.15, 0.2) is 77.7 Å². The van der Waals surface area contributed by atoms with Crippen LogP contribution < -0.4 is 14.8 Å². The monoisotopic (exact) mass is 506 g/mol. The first-order valence-electron chi connectivity index (χ1n) is 10.1. The molecule has 3 rings (SSSR count). The van der Waals surface area contributed by atoms with Crippen molar-refractivity contribution in [3.8, 4) is 5.75 Å². The second-order valence-electron chi connectivity index (χ2n) is 7.44. The minimum absolute atomic E-state index is 0.0649. The Morgan fingerprint density at radius 1 is 1.00 bits per heavy atom. The highest BCUT2D eigenvalue weighted by Gasteiger charge is 2.27. The number of nitrogens with one attached hydrogen (secondary N) is 2. The van der Waals surface area contributed by atoms with E-state index in [4.69, 9.17) is 27.9 Å². The van der Waals surface area contributed by atoms with E-state index in [1.165, 1.54) is 25.3 Å². The van der Waals surface area contributed by atoms with Gasteiger partial charge in [0.2, 0.25) is 15.9 Å². The quantitative estimate of drug-likeness (QED) is 0.437. The van der Waals surface area contributed by atoms with Crippen LogP contribution in [0.2, 0.25) is 10.0 Å². The molecule has 3 aromatic carbocycles. The fourth-order valence-electron chi connectivity index (χ4n) is 3.26. The molecule has 3 aromatic rings. The highest BCUT2D eigenvalue weighted by Crippen LogP contribution is 2.27. The smallest absolute Gasteiger partial charge is 0.241 e. The van der Waals surface area contributed by atoms with Crippen molar-refractivity contribution in [2.75, 3.05) is 7.11 Å². The summed E-state index contributed by atoms with van der Waals surface area (Å²) in [6.45, 7) is 1.82. The van der Waals surface area contributed by atoms with Crippen LogP contribution in [0, 0.1) is 0 Å². The average Bonchev–Trinajstić information content (AvgIpc) is 2.79. The van der Waals surface area contributed by atoms with Crippen LogP contribution in [-0.4, -0.2) is 27.5 Å². The van der Waals surface area contributed by atoms with Gasteiger partial charge in [0.15, 0.2) is 0 Å². The van der Waals surface area contributed by atoms with Crippen LogP contribution in [0.4, 0.5) is 0 Å². The minimum atomic E-state index is -4.05. The average molecular weight is 507 g/mol. The summed E-state index contributed by atoms with van der Waals surface area (Å²) in [5.74, 6) is -0.101. The normalized spacial score (nSPS) is 13.2. The van der Waals surface area contributed by atoms with Gasteiger partial charge in [-0.25, -0.2) is 8.42 Å². The Kier molecular flexibility index (Phi) is 8.37. The van der Waals surface area contributed by atoms with Crippen LogP contribution in [-0.2, 0) is 21.2 Å². The molecule has 0 radical (unpaired) electrons. The summed E-state index contributed by atoms with van der Waals surface area (Å²) in [6, 6.07) is 19.0. The molecule has 0 aromatic heterocycles. The van der Waals surface area contributed by atoms with Gasteiger partial charge in [0.05, 0.1) is 23.1 Å². The van der Waals surface area contributed by atoms with E-state index in [0.29, 0.717) is 10.8 Å². The van der Waals surface area contributed by atoms with Gasteiger partial charge in [-0.3, -0.25) is 4.79 Å². The number of carbonyl (C=O) groups excluding carboxylic acids is 1. The lowest BCUT2D eigenvalue weighted by molar-refractivity contribution is -0.123. The molecule has 0 fully saturated rings. The molecule has 9 heteroatoms. The van der Waals surface area contributed by atoms with Crippen molar-refractivity contribution >= 4 is 39.1 Å². The Morgan fingerprint density at radius 3 is 2.27 bits per heavy atom. The van der Waals surface area contributed by atoms with Gasteiger partial charge in [-0.05, 0) is 54.8 Å². The molecule has 0 aliphatic rings. The maximum Gasteiger partial charge on any atom is 0.241 e. The van der Waals surface area contributed by atoms with Crippen LogP contribution in [0.3, 0.4) is 0 Å². The molecular formula is C24H24Cl2N2O4S. The van der Waals surface area contributed by atoms with Gasteiger partial charge in [0, 0.05) is 5.02 Å². The van der Waals surface area contributed by atoms with Crippen molar-refractivity contribution in [1.82, 2.24) is 10.0 Å². The molecule has 6 nitrogen and oxygen atoms in total. The molecule has 0 aliphatic carbocycles. The summed E-state index contributed by atoms with van der Waals surface area (Å²) >= 11 is 12.0. The van der Waals surface area contributed by atoms with E-state index < -0.39 is 22.0 Å². The lowest BCUT2D eigenvalue weighted by Gasteiger charge is -2.22. The molecule has 2 atom stereocenters. The van der Waals surface area contributed by atoms with E-state index in [2.05, 4.69) is 10.0 Å². The Bertz CT molecular complexity index is 1200. The summed E-state index contributed by atoms with van der Waals surface area (Å²) in [5, 5.41) is 3.63. The van der Waals surface area contributed by atoms with Crippen molar-refractivity contribution in [3.05, 3.63) is 94.0 Å². The lowest BCUT2D eigenvalue weighted by Crippen LogP contribution is -2.48. The van der Waals surface area contributed by atoms with Gasteiger partial charge in [-0.15, -0.1) is 0 Å². The largest absolute Gasteiger partial charge is 0.495 e. The van der Waals surface area contributed by atoms with Crippen molar-refractivity contribution in [2.45, 2.75) is 30.3 Å². The second kappa shape index (κ2) is 11.0. The predicted octanol–water partition coefficient (Wildman–Crippen LogP) is 4.77. The number of ether oxygens (including phenoxy) is 1. The summed E-state index contributed by atoms with van der Waals surface area (Å²) < 4.78 is 33.8. The van der Waals surface area contributed by atoms with Crippen LogP contribution in [0.1, 0.15) is 24.1 Å². The standard InChI is InChI=1S/C24H24Cl2N2O4S/c1-16(18-8-10-19(25)11-9-18)27-24(29)22(14-17-6-4-3-5-7-17)28-33(30,31)20-12-13-23(32-2)21(26)15-20/h3-13,15-16,22,28H,14H2,1-2H3,(H,27,29). The number of carbonyl (C=O) groups is 1. The molecule has 0 saturated carbocycles. The number of rotatable bonds is 9. The molecular weight excluding hydrogens is 483 g/mol. The third-order valence-electron chi connectivity index (χ3n) is 5.06. The van der Waals surface area contributed by atoms with E-state index >= 15 is 0 Å². The zero-order chi connectivity index (χ0) is 24.0. The molecule has 0 bridgehead atoms. The van der Waals surface area contributed by atoms with E-state index in [9.17, 15) is 13.2 Å². The van der Waals surface area contributed by atoms with Crippen molar-refractivity contribution in [3.63, 3.8) is 0 Å². The van der Waals surface area contributed by atoms with Crippen molar-refractivity contribution in [2.24, 2.45) is 0 Å². The van der Waals surface area contributed by atoms with Crippen LogP contribution in [0.5, 0.6) is 5.75 Å². The summed E-state index contributed by atoms with van der Waals surface area (Å²) in [6.07, 6.45) is 0.170. The molecule has 0 heterocycles. The maximum atomic E-state index is 13.2. The Labute approximate surface area is 203 Å². The van der Waals surface area contributed by atoms with Gasteiger partial charge in [-0.2, -0.15) is 4.72 Å². The third-order valence-corrected chi connectivity index (χ3v) is 7.08. The first-order valence-corrected chi connectivity index (χ1v) is 12.4. The summed E-state index contributed by atoms with van der Waals surface area (Å²) in [7, 11) is -2.61. The number of methoxy groups -OCH3 is 1. The summed E-state index contributed by atoms with van der Waals surface area (Å²) in [4.78, 5) is 13.1. The van der Waals surface area contributed by atoms with Crippen LogP contribution >= 0.6 is 23.2 Å². The number of amides is 1. The summed E-state index contributed by atoms with van der Waals surface area (Å²) in [5.41, 5.74) is 1.66. The maximum absolute atomic E-state index is 13.2. The fraction of sp³-hybridized carbons (Fsp3) is 0.208. The third kappa shape index (κ3) is 6.71. The lowest BCUT2D eigenvalue weighted by atomic mass is 10.0. The van der Waals surface area contributed by atoms with E-state index in [-0.39, 0.29) is 22.4 Å². The SMILES string of the molecule is COc1ccc(S(=O)(=O)NC(Cc2ccccc2)C(=O)NC(C)c2ccc(Cl)cc2)cc1Cl. The van der Waals surface area contributed by atoms with Crippen molar-refractivity contribution in [1.29, 1.82) is 0 Å². The first-order chi connectivity index (χ1) is 15.7. The second-order valence-corrected chi connectivity index (χ2v) is 10.00. The van der Waals surface area contributed by atoms with Crippen molar-refractivity contribution < 1.29 is 17.9 Å². The number of halogens is 2. The molecule has 33 heavy (non-hydrogen) atoms. The van der Waals surface area contributed by atoms with E-state index in [1.54, 1.807) is 12.1 Å². The van der Waals surface area contributed by atoms with Gasteiger partial charge in [0.25, 0.3) is 0 Å². The van der Waals surface area contributed by atoms with Gasteiger partial charge in [0.1, 0.15) is 11.8 Å². The Morgan fingerprint density at radius 2 is 1.67 bits per heavy atom. The topological polar surface area (TPSA) is 84.5 Å². The zero-order valence-corrected chi connectivity index (χ0v) is 20.4. The highest BCUT2D eigenvalue weighted by molar-refractivity contribution is 7.89. The van der Waals surface area contributed by atoms with Gasteiger partial charge < -0.3 is 10.1 Å². The minimum Gasteiger partial charge on any atom is -0.495 e. The fourth-order valence-corrected chi connectivity index (χ4v) is 4.93. The molecule has 1 amide bonds. The highest BCUT2D eigenvalue weighted by atomic mass is 35.5. The molecule has 0 spiro atoms. The van der Waals surface area contributed by atoms with Gasteiger partial charge >= 0.3 is 0 Å². The molecule has 0 saturated heterocycles. The van der Waals surface area contributed by atoms with E-state index in [0.717, 1.165) is 11.1 Å². The Balaban J connectivity index is 1.84. The molecule has 2 N–H and O–H groups in total. The van der Waals surface area contributed by atoms with Gasteiger partial charge in [-0.1, -0.05) is 65.7 Å². The zero-order valence-electron chi connectivity index (χ0n) is 18.1. The molecule has 2 unspecified atom stereocenters. The number of hydrogen-bond acceptors (Lipinski definition) is 4. The number of benzene rings is 3. The number of sulfonamides is 1. The molecule has 174 valence electrons. The van der Waals surface area contributed by atoms with E-state index in [1.807, 2.05) is 49.4 Å².